The number of carboxylic acids is 1. The molecule has 6 nitrogen and oxygen atoms in total. The Morgan fingerprint density at radius 2 is 2.12 bits per heavy atom. The van der Waals surface area contributed by atoms with Crippen molar-refractivity contribution >= 4 is 5.97 Å². The highest BCUT2D eigenvalue weighted by Gasteiger charge is 2.34. The van der Waals surface area contributed by atoms with Crippen molar-refractivity contribution in [1.82, 2.24) is 4.98 Å². The maximum atomic E-state index is 11.9. The first-order chi connectivity index (χ1) is 7.74. The summed E-state index contributed by atoms with van der Waals surface area (Å²) in [6, 6.07) is 0.862. The topological polar surface area (TPSA) is 106 Å². The van der Waals surface area contributed by atoms with E-state index in [4.69, 9.17) is 10.8 Å². The van der Waals surface area contributed by atoms with E-state index in [2.05, 4.69) is 9.72 Å². The average Bonchev–Trinajstić information content (AvgIpc) is 2.18. The Balaban J connectivity index is 3.28. The third-order valence-electron chi connectivity index (χ3n) is 1.69. The molecule has 0 aliphatic heterocycles. The van der Waals surface area contributed by atoms with E-state index in [9.17, 15) is 23.1 Å². The van der Waals surface area contributed by atoms with E-state index in [-0.39, 0.29) is 12.1 Å². The van der Waals surface area contributed by atoms with Crippen molar-refractivity contribution in [2.75, 3.05) is 0 Å². The van der Waals surface area contributed by atoms with Crippen molar-refractivity contribution < 1.29 is 32.9 Å². The third kappa shape index (κ3) is 3.21. The molecule has 0 radical (unpaired) electrons. The van der Waals surface area contributed by atoms with E-state index < -0.39 is 29.7 Å². The molecule has 0 aliphatic carbocycles. The van der Waals surface area contributed by atoms with Gasteiger partial charge in [0.1, 0.15) is 0 Å². The van der Waals surface area contributed by atoms with E-state index in [1.165, 1.54) is 0 Å². The van der Waals surface area contributed by atoms with Crippen molar-refractivity contribution in [3.63, 3.8) is 0 Å². The number of pyridine rings is 1. The molecule has 1 heterocycles. The van der Waals surface area contributed by atoms with Gasteiger partial charge in [-0.1, -0.05) is 0 Å². The molecular weight excluding hydrogens is 245 g/mol. The maximum Gasteiger partial charge on any atom is 0.574 e. The van der Waals surface area contributed by atoms with Crippen LogP contribution in [0.1, 0.15) is 16.1 Å². The van der Waals surface area contributed by atoms with Crippen LogP contribution >= 0.6 is 0 Å². The standard InChI is InChI=1S/C8H7F3N2O4/c9-8(10,11)17-6-5(14)3(2-12)1-4(13-6)7(15)16/h1,14H,2,12H2,(H,15,16). The molecule has 4 N–H and O–H groups in total. The van der Waals surface area contributed by atoms with Crippen LogP contribution in [0.3, 0.4) is 0 Å². The lowest BCUT2D eigenvalue weighted by molar-refractivity contribution is -0.276. The number of hydrogen-bond acceptors (Lipinski definition) is 5. The predicted molar refractivity (Wildman–Crippen MR) is 47.4 cm³/mol. The maximum absolute atomic E-state index is 11.9. The number of halogens is 3. The third-order valence-corrected chi connectivity index (χ3v) is 1.69. The van der Waals surface area contributed by atoms with Crippen LogP contribution in [0, 0.1) is 0 Å². The summed E-state index contributed by atoms with van der Waals surface area (Å²) in [5.41, 5.74) is 4.22. The summed E-state index contributed by atoms with van der Waals surface area (Å²) >= 11 is 0. The Hall–Kier alpha value is -2.03. The van der Waals surface area contributed by atoms with Gasteiger partial charge in [0.15, 0.2) is 11.4 Å². The molecule has 0 atom stereocenters. The lowest BCUT2D eigenvalue weighted by Gasteiger charge is -2.12. The Morgan fingerprint density at radius 1 is 1.53 bits per heavy atom. The number of aromatic nitrogens is 1. The number of carboxylic acid groups (broad SMARTS) is 1. The summed E-state index contributed by atoms with van der Waals surface area (Å²) in [7, 11) is 0. The van der Waals surface area contributed by atoms with Gasteiger partial charge in [-0.2, -0.15) is 0 Å². The fourth-order valence-electron chi connectivity index (χ4n) is 1.01. The first-order valence-electron chi connectivity index (χ1n) is 4.16. The minimum absolute atomic E-state index is 0.211. The van der Waals surface area contributed by atoms with Crippen LogP contribution in [0.25, 0.3) is 0 Å². The van der Waals surface area contributed by atoms with Crippen LogP contribution in [0.5, 0.6) is 11.6 Å². The zero-order valence-electron chi connectivity index (χ0n) is 8.15. The number of hydrogen-bond donors (Lipinski definition) is 3. The zero-order valence-corrected chi connectivity index (χ0v) is 8.15. The minimum atomic E-state index is -5.09. The number of nitrogens with two attached hydrogens (primary N) is 1. The van der Waals surface area contributed by atoms with E-state index in [1.807, 2.05) is 0 Å². The van der Waals surface area contributed by atoms with E-state index in [0.29, 0.717) is 0 Å². The molecule has 0 spiro atoms. The van der Waals surface area contributed by atoms with Crippen molar-refractivity contribution in [3.8, 4) is 11.6 Å². The highest BCUT2D eigenvalue weighted by Crippen LogP contribution is 2.32. The van der Waals surface area contributed by atoms with E-state index in [1.54, 1.807) is 0 Å². The quantitative estimate of drug-likeness (QED) is 0.736. The molecule has 1 rings (SSSR count). The van der Waals surface area contributed by atoms with Crippen LogP contribution < -0.4 is 10.5 Å². The summed E-state index contributed by atoms with van der Waals surface area (Å²) in [5, 5.41) is 17.9. The first kappa shape index (κ1) is 13.0. The molecular formula is C8H7F3N2O4. The summed E-state index contributed by atoms with van der Waals surface area (Å²) in [6.07, 6.45) is -5.09. The summed E-state index contributed by atoms with van der Waals surface area (Å²) in [4.78, 5) is 13.6. The average molecular weight is 252 g/mol. The fourth-order valence-corrected chi connectivity index (χ4v) is 1.01. The summed E-state index contributed by atoms with van der Waals surface area (Å²) in [5.74, 6) is -3.74. The second-order valence-electron chi connectivity index (χ2n) is 2.88. The van der Waals surface area contributed by atoms with E-state index in [0.717, 1.165) is 6.07 Å². The van der Waals surface area contributed by atoms with Crippen LogP contribution in [0.4, 0.5) is 13.2 Å². The molecule has 0 fully saturated rings. The summed E-state index contributed by atoms with van der Waals surface area (Å²) in [6.45, 7) is -0.358. The van der Waals surface area contributed by atoms with Crippen molar-refractivity contribution in [3.05, 3.63) is 17.3 Å². The molecule has 0 saturated heterocycles. The number of carbonyl (C=O) groups is 1. The minimum Gasteiger partial charge on any atom is -0.503 e. The van der Waals surface area contributed by atoms with Gasteiger partial charge < -0.3 is 20.7 Å². The number of rotatable bonds is 3. The normalized spacial score (nSPS) is 11.3. The number of aromatic hydroxyl groups is 1. The molecule has 94 valence electrons. The largest absolute Gasteiger partial charge is 0.574 e. The van der Waals surface area contributed by atoms with Crippen LogP contribution in [-0.4, -0.2) is 27.5 Å². The van der Waals surface area contributed by atoms with Gasteiger partial charge in [-0.3, -0.25) is 0 Å². The fraction of sp³-hybridized carbons (Fsp3) is 0.250. The van der Waals surface area contributed by atoms with Gasteiger partial charge in [0.25, 0.3) is 5.88 Å². The van der Waals surface area contributed by atoms with Gasteiger partial charge in [0.05, 0.1) is 0 Å². The predicted octanol–water partition coefficient (Wildman–Crippen LogP) is 0.843. The molecule has 0 unspecified atom stereocenters. The van der Waals surface area contributed by atoms with Crippen molar-refractivity contribution in [1.29, 1.82) is 0 Å². The van der Waals surface area contributed by atoms with Crippen LogP contribution in [-0.2, 0) is 6.54 Å². The van der Waals surface area contributed by atoms with Crippen molar-refractivity contribution in [2.45, 2.75) is 12.9 Å². The number of nitrogens with zero attached hydrogens (tertiary/aromatic N) is 1. The molecule has 0 amide bonds. The molecule has 0 aliphatic rings. The number of ether oxygens (including phenoxy) is 1. The SMILES string of the molecule is NCc1cc(C(=O)O)nc(OC(F)(F)F)c1O. The second kappa shape index (κ2) is 4.45. The highest BCUT2D eigenvalue weighted by atomic mass is 19.4. The number of aromatic carboxylic acids is 1. The van der Waals surface area contributed by atoms with Gasteiger partial charge >= 0.3 is 12.3 Å². The molecule has 0 aromatic carbocycles. The van der Waals surface area contributed by atoms with Gasteiger partial charge in [0, 0.05) is 12.1 Å². The Kier molecular flexibility index (Phi) is 3.42. The van der Waals surface area contributed by atoms with Gasteiger partial charge in [0.2, 0.25) is 0 Å². The van der Waals surface area contributed by atoms with Gasteiger partial charge in [-0.05, 0) is 6.07 Å². The molecule has 0 saturated carbocycles. The Morgan fingerprint density at radius 3 is 2.53 bits per heavy atom. The molecule has 17 heavy (non-hydrogen) atoms. The monoisotopic (exact) mass is 252 g/mol. The Bertz CT molecular complexity index is 447. The second-order valence-corrected chi connectivity index (χ2v) is 2.88. The van der Waals surface area contributed by atoms with Gasteiger partial charge in [-0.15, -0.1) is 13.2 Å². The molecule has 9 heteroatoms. The Labute approximate surface area is 92.4 Å². The molecule has 0 bridgehead atoms. The summed E-state index contributed by atoms with van der Waals surface area (Å²) < 4.78 is 39.2. The lowest BCUT2D eigenvalue weighted by atomic mass is 10.2. The van der Waals surface area contributed by atoms with Crippen LogP contribution in [0.15, 0.2) is 6.07 Å². The van der Waals surface area contributed by atoms with Crippen molar-refractivity contribution in [2.24, 2.45) is 5.73 Å². The highest BCUT2D eigenvalue weighted by molar-refractivity contribution is 5.86. The lowest BCUT2D eigenvalue weighted by Crippen LogP contribution is -2.19. The number of alkyl halides is 3. The first-order valence-corrected chi connectivity index (χ1v) is 4.16. The molecule has 1 aromatic heterocycles. The molecule has 1 aromatic rings. The van der Waals surface area contributed by atoms with Crippen LogP contribution in [0.2, 0.25) is 0 Å². The smallest absolute Gasteiger partial charge is 0.503 e. The zero-order chi connectivity index (χ0) is 13.2. The van der Waals surface area contributed by atoms with Gasteiger partial charge in [-0.25, -0.2) is 9.78 Å². The van der Waals surface area contributed by atoms with E-state index >= 15 is 0 Å².